The number of thiophene rings is 1. The molecule has 0 saturated carbocycles. The number of alkyl halides is 1. The van der Waals surface area contributed by atoms with Crippen LogP contribution in [0.1, 0.15) is 5.56 Å². The van der Waals surface area contributed by atoms with Crippen LogP contribution < -0.4 is 11.5 Å². The first-order valence-corrected chi connectivity index (χ1v) is 5.84. The van der Waals surface area contributed by atoms with Crippen molar-refractivity contribution in [3.63, 3.8) is 0 Å². The van der Waals surface area contributed by atoms with Crippen molar-refractivity contribution in [2.24, 2.45) is 0 Å². The number of halogens is 1. The van der Waals surface area contributed by atoms with Gasteiger partial charge in [-0.2, -0.15) is 0 Å². The van der Waals surface area contributed by atoms with Crippen LogP contribution in [0.4, 0.5) is 11.4 Å². The van der Waals surface area contributed by atoms with Gasteiger partial charge in [0.25, 0.3) is 0 Å². The second-order valence-electron chi connectivity index (χ2n) is 2.84. The molecule has 0 unspecified atom stereocenters. The molecule has 68 valence electrons. The van der Waals surface area contributed by atoms with Gasteiger partial charge in [0.2, 0.25) is 0 Å². The van der Waals surface area contributed by atoms with Crippen molar-refractivity contribution < 1.29 is 0 Å². The molecule has 0 aliphatic heterocycles. The van der Waals surface area contributed by atoms with E-state index >= 15 is 0 Å². The second-order valence-corrected chi connectivity index (χ2v) is 4.28. The third-order valence-corrected chi connectivity index (χ3v) is 3.70. The van der Waals surface area contributed by atoms with Gasteiger partial charge in [0.05, 0.1) is 16.1 Å². The Labute approximate surface area is 88.7 Å². The highest BCUT2D eigenvalue weighted by atomic mass is 79.9. The highest BCUT2D eigenvalue weighted by Crippen LogP contribution is 2.34. The van der Waals surface area contributed by atoms with E-state index in [-0.39, 0.29) is 0 Å². The topological polar surface area (TPSA) is 52.0 Å². The minimum absolute atomic E-state index is 0.784. The lowest BCUT2D eigenvalue weighted by molar-refractivity contribution is 1.47. The molecule has 0 atom stereocenters. The molecule has 0 spiro atoms. The number of nitrogens with two attached hydrogens (primary N) is 2. The molecule has 0 aliphatic carbocycles. The minimum Gasteiger partial charge on any atom is -0.398 e. The first-order chi connectivity index (χ1) is 6.24. The quantitative estimate of drug-likeness (QED) is 0.609. The van der Waals surface area contributed by atoms with Crippen molar-refractivity contribution in [1.82, 2.24) is 0 Å². The lowest BCUT2D eigenvalue weighted by atomic mass is 10.1. The Hall–Kier alpha value is -0.740. The van der Waals surface area contributed by atoms with Crippen LogP contribution in [0.15, 0.2) is 17.5 Å². The molecule has 1 heterocycles. The molecule has 4 heteroatoms. The summed E-state index contributed by atoms with van der Waals surface area (Å²) >= 11 is 4.99. The van der Waals surface area contributed by atoms with Crippen LogP contribution in [0.5, 0.6) is 0 Å². The zero-order valence-corrected chi connectivity index (χ0v) is 9.28. The first-order valence-electron chi connectivity index (χ1n) is 3.84. The van der Waals surface area contributed by atoms with Gasteiger partial charge in [0.15, 0.2) is 0 Å². The smallest absolute Gasteiger partial charge is 0.0596 e. The van der Waals surface area contributed by atoms with Crippen LogP contribution in [0.25, 0.3) is 10.1 Å². The van der Waals surface area contributed by atoms with Crippen molar-refractivity contribution >= 4 is 48.7 Å². The number of hydrogen-bond donors (Lipinski definition) is 2. The van der Waals surface area contributed by atoms with Gasteiger partial charge in [-0.25, -0.2) is 0 Å². The summed E-state index contributed by atoms with van der Waals surface area (Å²) in [6.45, 7) is 0. The number of rotatable bonds is 1. The first kappa shape index (κ1) is 8.84. The fourth-order valence-electron chi connectivity index (χ4n) is 1.30. The summed E-state index contributed by atoms with van der Waals surface area (Å²) in [7, 11) is 0. The summed E-state index contributed by atoms with van der Waals surface area (Å²) in [4.78, 5) is 0. The van der Waals surface area contributed by atoms with Crippen LogP contribution in [-0.2, 0) is 5.33 Å². The predicted molar refractivity (Wildman–Crippen MR) is 63.3 cm³/mol. The van der Waals surface area contributed by atoms with E-state index in [1.54, 1.807) is 11.3 Å². The van der Waals surface area contributed by atoms with Crippen molar-refractivity contribution in [3.8, 4) is 0 Å². The van der Waals surface area contributed by atoms with E-state index in [4.69, 9.17) is 11.5 Å². The predicted octanol–water partition coefficient (Wildman–Crippen LogP) is 2.96. The Balaban J connectivity index is 2.80. The van der Waals surface area contributed by atoms with E-state index in [2.05, 4.69) is 15.9 Å². The Morgan fingerprint density at radius 3 is 2.77 bits per heavy atom. The summed E-state index contributed by atoms with van der Waals surface area (Å²) in [5.74, 6) is 0. The van der Waals surface area contributed by atoms with E-state index in [0.717, 1.165) is 32.4 Å². The molecule has 1 aromatic carbocycles. The van der Waals surface area contributed by atoms with Gasteiger partial charge < -0.3 is 11.5 Å². The normalized spacial score (nSPS) is 10.8. The lowest BCUT2D eigenvalue weighted by Gasteiger charge is -2.02. The molecule has 2 rings (SSSR count). The summed E-state index contributed by atoms with van der Waals surface area (Å²) in [5, 5.41) is 3.78. The van der Waals surface area contributed by atoms with E-state index < -0.39 is 0 Å². The van der Waals surface area contributed by atoms with E-state index in [1.807, 2.05) is 17.5 Å². The molecule has 13 heavy (non-hydrogen) atoms. The fraction of sp³-hybridized carbons (Fsp3) is 0.111. The molecule has 0 radical (unpaired) electrons. The molecular weight excluding hydrogens is 248 g/mol. The fourth-order valence-corrected chi connectivity index (χ4v) is 2.73. The summed E-state index contributed by atoms with van der Waals surface area (Å²) in [6, 6.07) is 4.03. The Morgan fingerprint density at radius 1 is 1.31 bits per heavy atom. The molecular formula is C9H9BrN2S. The average molecular weight is 257 g/mol. The average Bonchev–Trinajstić information content (AvgIpc) is 2.50. The van der Waals surface area contributed by atoms with Gasteiger partial charge in [-0.3, -0.25) is 0 Å². The van der Waals surface area contributed by atoms with Crippen molar-refractivity contribution in [2.75, 3.05) is 11.5 Å². The van der Waals surface area contributed by atoms with Gasteiger partial charge in [-0.1, -0.05) is 28.1 Å². The molecule has 2 nitrogen and oxygen atoms in total. The maximum Gasteiger partial charge on any atom is 0.0596 e. The summed E-state index contributed by atoms with van der Waals surface area (Å²) in [6.07, 6.45) is 0. The largest absolute Gasteiger partial charge is 0.398 e. The standard InChI is InChI=1S/C9H9BrN2S/c10-3-5-1-2-6-7(11)4-13-9(6)8(5)12/h1-2,4H,3,11-12H2. The molecule has 4 N–H and O–H groups in total. The summed E-state index contributed by atoms with van der Waals surface area (Å²) in [5.41, 5.74) is 14.5. The highest BCUT2D eigenvalue weighted by molar-refractivity contribution is 9.08. The van der Waals surface area contributed by atoms with Crippen molar-refractivity contribution in [2.45, 2.75) is 5.33 Å². The molecule has 0 aliphatic rings. The molecule has 1 aromatic heterocycles. The van der Waals surface area contributed by atoms with Gasteiger partial charge in [0, 0.05) is 16.1 Å². The maximum atomic E-state index is 5.97. The van der Waals surface area contributed by atoms with Crippen LogP contribution in [0, 0.1) is 0 Å². The number of benzene rings is 1. The van der Waals surface area contributed by atoms with Crippen molar-refractivity contribution in [3.05, 3.63) is 23.1 Å². The third-order valence-electron chi connectivity index (χ3n) is 2.05. The SMILES string of the molecule is Nc1csc2c(N)c(CBr)ccc12. The molecule has 0 saturated heterocycles. The van der Waals surface area contributed by atoms with Crippen molar-refractivity contribution in [1.29, 1.82) is 0 Å². The minimum atomic E-state index is 0.784. The van der Waals surface area contributed by atoms with Gasteiger partial charge in [-0.05, 0) is 5.56 Å². The number of anilines is 2. The van der Waals surface area contributed by atoms with E-state index in [9.17, 15) is 0 Å². The maximum absolute atomic E-state index is 5.97. The molecule has 0 amide bonds. The lowest BCUT2D eigenvalue weighted by Crippen LogP contribution is -1.91. The van der Waals surface area contributed by atoms with Gasteiger partial charge >= 0.3 is 0 Å². The van der Waals surface area contributed by atoms with Gasteiger partial charge in [0.1, 0.15) is 0 Å². The number of nitrogen functional groups attached to an aromatic ring is 2. The van der Waals surface area contributed by atoms with E-state index in [1.165, 1.54) is 0 Å². The van der Waals surface area contributed by atoms with Gasteiger partial charge in [-0.15, -0.1) is 11.3 Å². The Morgan fingerprint density at radius 2 is 2.08 bits per heavy atom. The Kier molecular flexibility index (Phi) is 2.17. The van der Waals surface area contributed by atoms with Crippen LogP contribution in [0.3, 0.4) is 0 Å². The monoisotopic (exact) mass is 256 g/mol. The molecule has 2 aromatic rings. The zero-order chi connectivity index (χ0) is 9.42. The summed E-state index contributed by atoms with van der Waals surface area (Å²) < 4.78 is 1.09. The molecule has 0 bridgehead atoms. The highest BCUT2D eigenvalue weighted by Gasteiger charge is 2.06. The molecule has 0 fully saturated rings. The second kappa shape index (κ2) is 3.20. The zero-order valence-electron chi connectivity index (χ0n) is 6.88. The van der Waals surface area contributed by atoms with E-state index in [0.29, 0.717) is 0 Å². The van der Waals surface area contributed by atoms with Crippen LogP contribution in [-0.4, -0.2) is 0 Å². The van der Waals surface area contributed by atoms with Crippen LogP contribution in [0.2, 0.25) is 0 Å². The number of hydrogen-bond acceptors (Lipinski definition) is 3. The Bertz CT molecular complexity index is 450. The van der Waals surface area contributed by atoms with Crippen LogP contribution >= 0.6 is 27.3 Å². The number of fused-ring (bicyclic) bond motifs is 1. The third kappa shape index (κ3) is 1.30.